The first-order valence-corrected chi connectivity index (χ1v) is 8.94. The molecule has 0 spiro atoms. The van der Waals surface area contributed by atoms with Crippen molar-refractivity contribution in [2.75, 3.05) is 11.9 Å². The molecule has 0 atom stereocenters. The molecular formula is C19H20N2O2S. The molecule has 1 aliphatic carbocycles. The van der Waals surface area contributed by atoms with Crippen LogP contribution in [0.15, 0.2) is 18.2 Å². The Kier molecular flexibility index (Phi) is 4.86. The molecule has 3 rings (SSSR count). The zero-order valence-electron chi connectivity index (χ0n) is 13.9. The van der Waals surface area contributed by atoms with E-state index in [1.165, 1.54) is 21.8 Å². The fourth-order valence-corrected chi connectivity index (χ4v) is 4.14. The third-order valence-corrected chi connectivity index (χ3v) is 5.59. The second kappa shape index (κ2) is 7.06. The van der Waals surface area contributed by atoms with Gasteiger partial charge in [0.25, 0.3) is 5.91 Å². The normalized spacial score (nSPS) is 13.0. The number of benzene rings is 1. The SMILES string of the molecule is Cc1ccc(OCC(=O)Nc2sc3c(c2C#N)CCCC3)cc1C. The second-order valence-corrected chi connectivity index (χ2v) is 7.21. The lowest BCUT2D eigenvalue weighted by molar-refractivity contribution is -0.118. The number of carbonyl (C=O) groups excluding carboxylic acids is 1. The minimum Gasteiger partial charge on any atom is -0.484 e. The molecule has 0 saturated carbocycles. The van der Waals surface area contributed by atoms with Crippen molar-refractivity contribution in [1.29, 1.82) is 5.26 Å². The Balaban J connectivity index is 1.66. The van der Waals surface area contributed by atoms with E-state index in [4.69, 9.17) is 4.74 Å². The fourth-order valence-electron chi connectivity index (χ4n) is 2.89. The number of rotatable bonds is 4. The number of amides is 1. The number of thiophene rings is 1. The van der Waals surface area contributed by atoms with E-state index in [-0.39, 0.29) is 12.5 Å². The first-order chi connectivity index (χ1) is 11.6. The maximum Gasteiger partial charge on any atom is 0.262 e. The van der Waals surface area contributed by atoms with Gasteiger partial charge in [0.15, 0.2) is 6.61 Å². The van der Waals surface area contributed by atoms with Crippen LogP contribution in [0.25, 0.3) is 0 Å². The van der Waals surface area contributed by atoms with E-state index < -0.39 is 0 Å². The summed E-state index contributed by atoms with van der Waals surface area (Å²) in [6.45, 7) is 3.99. The average molecular weight is 340 g/mol. The van der Waals surface area contributed by atoms with Crippen molar-refractivity contribution in [2.24, 2.45) is 0 Å². The van der Waals surface area contributed by atoms with Gasteiger partial charge in [-0.25, -0.2) is 0 Å². The Morgan fingerprint density at radius 3 is 2.83 bits per heavy atom. The summed E-state index contributed by atoms with van der Waals surface area (Å²) < 4.78 is 5.56. The molecule has 4 nitrogen and oxygen atoms in total. The Hall–Kier alpha value is -2.32. The molecule has 1 aromatic heterocycles. The highest BCUT2D eigenvalue weighted by Crippen LogP contribution is 2.37. The molecule has 0 saturated heterocycles. The van der Waals surface area contributed by atoms with E-state index in [2.05, 4.69) is 11.4 Å². The van der Waals surface area contributed by atoms with Crippen LogP contribution in [0.2, 0.25) is 0 Å². The van der Waals surface area contributed by atoms with Gasteiger partial charge in [-0.3, -0.25) is 4.79 Å². The molecule has 1 heterocycles. The van der Waals surface area contributed by atoms with Crippen molar-refractivity contribution in [3.8, 4) is 11.8 Å². The molecule has 0 bridgehead atoms. The van der Waals surface area contributed by atoms with Crippen molar-refractivity contribution in [2.45, 2.75) is 39.5 Å². The van der Waals surface area contributed by atoms with Crippen LogP contribution in [0.4, 0.5) is 5.00 Å². The van der Waals surface area contributed by atoms with Gasteiger partial charge in [-0.15, -0.1) is 11.3 Å². The van der Waals surface area contributed by atoms with E-state index in [1.807, 2.05) is 32.0 Å². The van der Waals surface area contributed by atoms with Crippen molar-refractivity contribution < 1.29 is 9.53 Å². The molecule has 5 heteroatoms. The highest BCUT2D eigenvalue weighted by atomic mass is 32.1. The number of nitriles is 1. The van der Waals surface area contributed by atoms with Crippen LogP contribution in [0.3, 0.4) is 0 Å². The van der Waals surface area contributed by atoms with Crippen molar-refractivity contribution >= 4 is 22.2 Å². The standard InChI is InChI=1S/C19H20N2O2S/c1-12-7-8-14(9-13(12)2)23-11-18(22)21-19-16(10-20)15-5-3-4-6-17(15)24-19/h7-9H,3-6,11H2,1-2H3,(H,21,22). The zero-order valence-corrected chi connectivity index (χ0v) is 14.8. The second-order valence-electron chi connectivity index (χ2n) is 6.11. The van der Waals surface area contributed by atoms with Gasteiger partial charge in [-0.1, -0.05) is 6.07 Å². The molecule has 0 unspecified atom stereocenters. The number of carbonyl (C=O) groups is 1. The largest absolute Gasteiger partial charge is 0.484 e. The summed E-state index contributed by atoms with van der Waals surface area (Å²) in [5, 5.41) is 12.9. The average Bonchev–Trinajstić information content (AvgIpc) is 2.92. The summed E-state index contributed by atoms with van der Waals surface area (Å²) in [6, 6.07) is 8.01. The predicted molar refractivity (Wildman–Crippen MR) is 95.7 cm³/mol. The monoisotopic (exact) mass is 340 g/mol. The zero-order chi connectivity index (χ0) is 17.1. The van der Waals surface area contributed by atoms with Crippen LogP contribution in [0.1, 0.15) is 40.0 Å². The molecule has 2 aromatic rings. The minimum atomic E-state index is -0.233. The highest BCUT2D eigenvalue weighted by Gasteiger charge is 2.21. The van der Waals surface area contributed by atoms with Crippen molar-refractivity contribution in [3.05, 3.63) is 45.3 Å². The highest BCUT2D eigenvalue weighted by molar-refractivity contribution is 7.16. The molecule has 24 heavy (non-hydrogen) atoms. The van der Waals surface area contributed by atoms with E-state index in [0.717, 1.165) is 36.8 Å². The molecular weight excluding hydrogens is 320 g/mol. The summed E-state index contributed by atoms with van der Waals surface area (Å²) >= 11 is 1.53. The third-order valence-electron chi connectivity index (χ3n) is 4.38. The number of hydrogen-bond acceptors (Lipinski definition) is 4. The summed E-state index contributed by atoms with van der Waals surface area (Å²) in [6.07, 6.45) is 4.21. The molecule has 1 aromatic carbocycles. The fraction of sp³-hybridized carbons (Fsp3) is 0.368. The molecule has 1 amide bonds. The minimum absolute atomic E-state index is 0.0596. The van der Waals surface area contributed by atoms with Gasteiger partial charge >= 0.3 is 0 Å². The lowest BCUT2D eigenvalue weighted by atomic mass is 9.96. The Morgan fingerprint density at radius 1 is 1.29 bits per heavy atom. The number of fused-ring (bicyclic) bond motifs is 1. The van der Waals surface area contributed by atoms with Crippen molar-refractivity contribution in [3.63, 3.8) is 0 Å². The number of nitrogens with one attached hydrogen (secondary N) is 1. The van der Waals surface area contributed by atoms with E-state index in [0.29, 0.717) is 16.3 Å². The first kappa shape index (κ1) is 16.5. The van der Waals surface area contributed by atoms with Crippen LogP contribution in [-0.4, -0.2) is 12.5 Å². The summed E-state index contributed by atoms with van der Waals surface area (Å²) in [5.41, 5.74) is 4.08. The molecule has 1 aliphatic rings. The number of nitrogens with zero attached hydrogens (tertiary/aromatic N) is 1. The van der Waals surface area contributed by atoms with Gasteiger partial charge < -0.3 is 10.1 Å². The maximum absolute atomic E-state index is 12.2. The molecule has 124 valence electrons. The lowest BCUT2D eigenvalue weighted by Crippen LogP contribution is -2.20. The van der Waals surface area contributed by atoms with Crippen LogP contribution < -0.4 is 10.1 Å². The van der Waals surface area contributed by atoms with Gasteiger partial charge in [0, 0.05) is 4.88 Å². The van der Waals surface area contributed by atoms with Crippen LogP contribution in [0, 0.1) is 25.2 Å². The smallest absolute Gasteiger partial charge is 0.262 e. The van der Waals surface area contributed by atoms with E-state index in [9.17, 15) is 10.1 Å². The number of hydrogen-bond donors (Lipinski definition) is 1. The predicted octanol–water partition coefficient (Wildman–Crippen LogP) is 4.13. The lowest BCUT2D eigenvalue weighted by Gasteiger charge is -2.09. The Bertz CT molecular complexity index is 818. The summed E-state index contributed by atoms with van der Waals surface area (Å²) in [4.78, 5) is 13.4. The number of ether oxygens (including phenoxy) is 1. The number of anilines is 1. The van der Waals surface area contributed by atoms with Crippen molar-refractivity contribution in [1.82, 2.24) is 0 Å². The van der Waals surface area contributed by atoms with Gasteiger partial charge in [-0.2, -0.15) is 5.26 Å². The van der Waals surface area contributed by atoms with Crippen LogP contribution in [-0.2, 0) is 17.6 Å². The quantitative estimate of drug-likeness (QED) is 0.910. The van der Waals surface area contributed by atoms with Gasteiger partial charge in [0.1, 0.15) is 16.8 Å². The van der Waals surface area contributed by atoms with E-state index in [1.54, 1.807) is 0 Å². The molecule has 0 aliphatic heterocycles. The Morgan fingerprint density at radius 2 is 2.08 bits per heavy atom. The first-order valence-electron chi connectivity index (χ1n) is 8.13. The van der Waals surface area contributed by atoms with Gasteiger partial charge in [0.2, 0.25) is 0 Å². The van der Waals surface area contributed by atoms with E-state index >= 15 is 0 Å². The summed E-state index contributed by atoms with van der Waals surface area (Å²) in [5.74, 6) is 0.447. The third kappa shape index (κ3) is 3.44. The van der Waals surface area contributed by atoms with Crippen LogP contribution >= 0.6 is 11.3 Å². The van der Waals surface area contributed by atoms with Gasteiger partial charge in [-0.05, 0) is 68.4 Å². The Labute approximate surface area is 146 Å². The molecule has 0 radical (unpaired) electrons. The number of aryl methyl sites for hydroxylation is 3. The van der Waals surface area contributed by atoms with Gasteiger partial charge in [0.05, 0.1) is 5.56 Å². The van der Waals surface area contributed by atoms with Crippen LogP contribution in [0.5, 0.6) is 5.75 Å². The molecule has 0 fully saturated rings. The topological polar surface area (TPSA) is 62.1 Å². The summed E-state index contributed by atoms with van der Waals surface area (Å²) in [7, 11) is 0. The maximum atomic E-state index is 12.2. The molecule has 1 N–H and O–H groups in total.